The van der Waals surface area contributed by atoms with Gasteiger partial charge >= 0.3 is 0 Å². The third-order valence-corrected chi connectivity index (χ3v) is 7.22. The summed E-state index contributed by atoms with van der Waals surface area (Å²) < 4.78 is 21.7. The lowest BCUT2D eigenvalue weighted by molar-refractivity contribution is 0.0952. The summed E-state index contributed by atoms with van der Waals surface area (Å²) in [5.41, 5.74) is 1.85. The van der Waals surface area contributed by atoms with Gasteiger partial charge in [-0.25, -0.2) is 0 Å². The van der Waals surface area contributed by atoms with E-state index < -0.39 is 5.41 Å². The summed E-state index contributed by atoms with van der Waals surface area (Å²) in [6.07, 6.45) is 4.11. The van der Waals surface area contributed by atoms with Crippen molar-refractivity contribution in [2.45, 2.75) is 58.3 Å². The molecule has 0 heterocycles. The minimum Gasteiger partial charge on any atom is -0.493 e. The minimum atomic E-state index is -0.611. The van der Waals surface area contributed by atoms with Crippen molar-refractivity contribution in [3.63, 3.8) is 0 Å². The van der Waals surface area contributed by atoms with E-state index in [1.807, 2.05) is 31.2 Å². The molecule has 1 atom stereocenters. The molecule has 0 radical (unpaired) electrons. The molecule has 0 aromatic heterocycles. The fraction of sp³-hybridized carbons (Fsp3) is 0.548. The number of nitrogens with zero attached hydrogens (tertiary/aromatic N) is 1. The van der Waals surface area contributed by atoms with Crippen LogP contribution in [0.5, 0.6) is 23.0 Å². The fourth-order valence-electron chi connectivity index (χ4n) is 4.80. The Bertz CT molecular complexity index is 1110. The summed E-state index contributed by atoms with van der Waals surface area (Å²) in [6.45, 7) is 8.36. The van der Waals surface area contributed by atoms with Crippen molar-refractivity contribution in [1.29, 1.82) is 5.26 Å². The average molecular weight is 540 g/mol. The highest BCUT2D eigenvalue weighted by atomic mass is 16.5. The van der Waals surface area contributed by atoms with E-state index in [9.17, 15) is 10.1 Å². The van der Waals surface area contributed by atoms with Gasteiger partial charge in [0.2, 0.25) is 0 Å². The summed E-state index contributed by atoms with van der Waals surface area (Å²) in [4.78, 5) is 12.8. The van der Waals surface area contributed by atoms with Crippen LogP contribution in [-0.4, -0.2) is 54.0 Å². The van der Waals surface area contributed by atoms with Gasteiger partial charge in [0.05, 0.1) is 39.9 Å². The second-order valence-electron chi connectivity index (χ2n) is 9.88. The Morgan fingerprint density at radius 1 is 0.897 bits per heavy atom. The quantitative estimate of drug-likeness (QED) is 0.264. The van der Waals surface area contributed by atoms with Crippen LogP contribution in [0.4, 0.5) is 0 Å². The molecule has 2 N–H and O–H groups in total. The van der Waals surface area contributed by atoms with Crippen molar-refractivity contribution < 1.29 is 23.7 Å². The summed E-state index contributed by atoms with van der Waals surface area (Å²) >= 11 is 0. The Kier molecular flexibility index (Phi) is 12.9. The van der Waals surface area contributed by atoms with E-state index in [1.165, 1.54) is 0 Å². The molecule has 0 aliphatic heterocycles. The second-order valence-corrected chi connectivity index (χ2v) is 9.88. The standard InChI is InChI=1S/C31H45N3O5/c1-8-15-34-30(35)25-20-29(39-7)27(37-5)18-23(25)13-17-33-16-10-9-14-31(21-32,22(2)3)24-11-12-26(36-4)28(19-24)38-6/h11-12,18-20,22,33H,8-10,13-17H2,1-7H3,(H,34,35). The molecule has 8 heteroatoms. The van der Waals surface area contributed by atoms with Crippen molar-refractivity contribution in [2.24, 2.45) is 5.92 Å². The van der Waals surface area contributed by atoms with Crippen LogP contribution >= 0.6 is 0 Å². The number of carbonyl (C=O) groups excluding carboxylic acids is 1. The molecule has 0 saturated carbocycles. The number of benzene rings is 2. The van der Waals surface area contributed by atoms with E-state index in [2.05, 4.69) is 30.6 Å². The van der Waals surface area contributed by atoms with Crippen molar-refractivity contribution in [1.82, 2.24) is 10.6 Å². The lowest BCUT2D eigenvalue weighted by Crippen LogP contribution is -2.31. The summed E-state index contributed by atoms with van der Waals surface area (Å²) in [5, 5.41) is 16.7. The van der Waals surface area contributed by atoms with Gasteiger partial charge < -0.3 is 29.6 Å². The molecule has 214 valence electrons. The van der Waals surface area contributed by atoms with Crippen LogP contribution in [0.15, 0.2) is 30.3 Å². The molecule has 1 amide bonds. The molecule has 2 aromatic carbocycles. The fourth-order valence-corrected chi connectivity index (χ4v) is 4.80. The Balaban J connectivity index is 2.00. The molecule has 39 heavy (non-hydrogen) atoms. The van der Waals surface area contributed by atoms with E-state index in [0.29, 0.717) is 48.1 Å². The normalized spacial score (nSPS) is 12.4. The highest BCUT2D eigenvalue weighted by Gasteiger charge is 2.36. The van der Waals surface area contributed by atoms with Crippen molar-refractivity contribution in [3.8, 4) is 29.1 Å². The molecule has 0 saturated heterocycles. The molecule has 0 bridgehead atoms. The lowest BCUT2D eigenvalue weighted by Gasteiger charge is -2.32. The summed E-state index contributed by atoms with van der Waals surface area (Å²) in [5.74, 6) is 2.46. The van der Waals surface area contributed by atoms with Crippen LogP contribution in [0.3, 0.4) is 0 Å². The molecular weight excluding hydrogens is 494 g/mol. The molecule has 2 rings (SSSR count). The summed E-state index contributed by atoms with van der Waals surface area (Å²) in [6, 6.07) is 12.0. The van der Waals surface area contributed by atoms with Gasteiger partial charge in [0.15, 0.2) is 23.0 Å². The van der Waals surface area contributed by atoms with E-state index in [4.69, 9.17) is 18.9 Å². The zero-order valence-electron chi connectivity index (χ0n) is 24.6. The Morgan fingerprint density at radius 2 is 1.54 bits per heavy atom. The largest absolute Gasteiger partial charge is 0.493 e. The molecule has 2 aromatic rings. The molecule has 0 fully saturated rings. The van der Waals surface area contributed by atoms with Crippen LogP contribution in [0, 0.1) is 17.2 Å². The zero-order valence-corrected chi connectivity index (χ0v) is 24.6. The molecule has 1 unspecified atom stereocenters. The number of unbranched alkanes of at least 4 members (excludes halogenated alkanes) is 1. The van der Waals surface area contributed by atoms with Gasteiger partial charge in [-0.1, -0.05) is 33.3 Å². The number of nitriles is 1. The highest BCUT2D eigenvalue weighted by molar-refractivity contribution is 5.96. The number of rotatable bonds is 17. The third-order valence-electron chi connectivity index (χ3n) is 7.22. The SMILES string of the molecule is CCCNC(=O)c1cc(OC)c(OC)cc1CCNCCCCC(C#N)(c1ccc(OC)c(OC)c1)C(C)C. The first-order valence-electron chi connectivity index (χ1n) is 13.7. The van der Waals surface area contributed by atoms with Crippen molar-refractivity contribution in [3.05, 3.63) is 47.0 Å². The first kappa shape index (κ1) is 31.8. The maximum absolute atomic E-state index is 12.8. The van der Waals surface area contributed by atoms with Gasteiger partial charge in [-0.05, 0) is 80.1 Å². The number of methoxy groups -OCH3 is 4. The van der Waals surface area contributed by atoms with Crippen molar-refractivity contribution in [2.75, 3.05) is 48.1 Å². The lowest BCUT2D eigenvalue weighted by atomic mass is 9.69. The number of hydrogen-bond acceptors (Lipinski definition) is 7. The smallest absolute Gasteiger partial charge is 0.251 e. The van der Waals surface area contributed by atoms with E-state index in [0.717, 1.165) is 43.4 Å². The van der Waals surface area contributed by atoms with Gasteiger partial charge in [-0.2, -0.15) is 5.26 Å². The van der Waals surface area contributed by atoms with Crippen LogP contribution in [0.25, 0.3) is 0 Å². The predicted molar refractivity (Wildman–Crippen MR) is 154 cm³/mol. The minimum absolute atomic E-state index is 0.107. The molecule has 0 aliphatic rings. The van der Waals surface area contributed by atoms with Crippen LogP contribution < -0.4 is 29.6 Å². The van der Waals surface area contributed by atoms with Gasteiger partial charge in [-0.3, -0.25) is 4.79 Å². The number of ether oxygens (including phenoxy) is 4. The average Bonchev–Trinajstić information content (AvgIpc) is 2.96. The maximum atomic E-state index is 12.8. The second kappa shape index (κ2) is 15.8. The topological polar surface area (TPSA) is 102 Å². The Hall–Kier alpha value is -3.44. The highest BCUT2D eigenvalue weighted by Crippen LogP contribution is 2.40. The Morgan fingerprint density at radius 3 is 2.13 bits per heavy atom. The van der Waals surface area contributed by atoms with E-state index >= 15 is 0 Å². The monoisotopic (exact) mass is 539 g/mol. The Labute approximate surface area is 234 Å². The molecule has 8 nitrogen and oxygen atoms in total. The number of amides is 1. The summed E-state index contributed by atoms with van der Waals surface area (Å²) in [7, 11) is 6.38. The number of nitrogens with one attached hydrogen (secondary N) is 2. The predicted octanol–water partition coefficient (Wildman–Crippen LogP) is 5.28. The van der Waals surface area contributed by atoms with E-state index in [-0.39, 0.29) is 11.8 Å². The van der Waals surface area contributed by atoms with Crippen LogP contribution in [0.1, 0.15) is 67.9 Å². The number of hydrogen-bond donors (Lipinski definition) is 2. The van der Waals surface area contributed by atoms with Crippen molar-refractivity contribution >= 4 is 5.91 Å². The molecule has 0 aliphatic carbocycles. The van der Waals surface area contributed by atoms with Gasteiger partial charge in [0, 0.05) is 12.1 Å². The first-order valence-corrected chi connectivity index (χ1v) is 13.7. The van der Waals surface area contributed by atoms with Gasteiger partial charge in [0.25, 0.3) is 5.91 Å². The van der Waals surface area contributed by atoms with Crippen LogP contribution in [0.2, 0.25) is 0 Å². The van der Waals surface area contributed by atoms with E-state index in [1.54, 1.807) is 34.5 Å². The maximum Gasteiger partial charge on any atom is 0.251 e. The number of carbonyl (C=O) groups is 1. The molecular formula is C31H45N3O5. The van der Waals surface area contributed by atoms with Crippen LogP contribution in [-0.2, 0) is 11.8 Å². The van der Waals surface area contributed by atoms with Gasteiger partial charge in [0.1, 0.15) is 0 Å². The molecule has 0 spiro atoms. The zero-order chi connectivity index (χ0) is 28.8. The third kappa shape index (κ3) is 8.03. The van der Waals surface area contributed by atoms with Gasteiger partial charge in [-0.15, -0.1) is 0 Å². The first-order chi connectivity index (χ1) is 18.8.